The largest absolute Gasteiger partial charge is 0.462 e. The van der Waals surface area contributed by atoms with Crippen LogP contribution in [0.4, 0.5) is 11.4 Å². The van der Waals surface area contributed by atoms with Gasteiger partial charge < -0.3 is 10.1 Å². The summed E-state index contributed by atoms with van der Waals surface area (Å²) in [6, 6.07) is 13.2. The molecule has 1 aliphatic heterocycles. The predicted molar refractivity (Wildman–Crippen MR) is 115 cm³/mol. The Balaban J connectivity index is 1.75. The lowest BCUT2D eigenvalue weighted by atomic mass is 10.2. The Morgan fingerprint density at radius 3 is 2.34 bits per heavy atom. The fourth-order valence-corrected chi connectivity index (χ4v) is 3.14. The van der Waals surface area contributed by atoms with Gasteiger partial charge in [-0.15, -0.1) is 0 Å². The van der Waals surface area contributed by atoms with E-state index in [0.717, 1.165) is 22.2 Å². The SMILES string of the molecule is CCCCOC(=O)c1ccc(N2C(=O)C(Cl)=C(Nc3ccc(Br)cc3)C2=O)cc1. The monoisotopic (exact) mass is 476 g/mol. The highest BCUT2D eigenvalue weighted by Crippen LogP contribution is 2.30. The van der Waals surface area contributed by atoms with Gasteiger partial charge in [0.05, 0.1) is 17.9 Å². The van der Waals surface area contributed by atoms with Crippen LogP contribution in [-0.2, 0) is 14.3 Å². The molecule has 2 aromatic rings. The summed E-state index contributed by atoms with van der Waals surface area (Å²) >= 11 is 9.46. The van der Waals surface area contributed by atoms with E-state index in [1.165, 1.54) is 24.3 Å². The Morgan fingerprint density at radius 1 is 1.07 bits per heavy atom. The highest BCUT2D eigenvalue weighted by Gasteiger charge is 2.39. The van der Waals surface area contributed by atoms with E-state index >= 15 is 0 Å². The Labute approximate surface area is 181 Å². The molecule has 1 aliphatic rings. The molecule has 1 N–H and O–H groups in total. The van der Waals surface area contributed by atoms with Crippen molar-refractivity contribution in [3.05, 3.63) is 69.3 Å². The fourth-order valence-electron chi connectivity index (χ4n) is 2.66. The first-order valence-corrected chi connectivity index (χ1v) is 10.2. The molecule has 0 aliphatic carbocycles. The van der Waals surface area contributed by atoms with Crippen LogP contribution >= 0.6 is 27.5 Å². The van der Waals surface area contributed by atoms with Crippen LogP contribution in [0.5, 0.6) is 0 Å². The summed E-state index contributed by atoms with van der Waals surface area (Å²) in [5.74, 6) is -1.64. The third kappa shape index (κ3) is 4.68. The molecule has 0 radical (unpaired) electrons. The topological polar surface area (TPSA) is 75.7 Å². The van der Waals surface area contributed by atoms with E-state index < -0.39 is 17.8 Å². The van der Waals surface area contributed by atoms with Gasteiger partial charge in [0.2, 0.25) is 0 Å². The highest BCUT2D eigenvalue weighted by atomic mass is 79.9. The molecular formula is C21H18BrClN2O4. The summed E-state index contributed by atoms with van der Waals surface area (Å²) in [6.07, 6.45) is 1.72. The molecule has 0 saturated carbocycles. The molecule has 29 heavy (non-hydrogen) atoms. The minimum Gasteiger partial charge on any atom is -0.462 e. The number of nitrogens with one attached hydrogen (secondary N) is 1. The van der Waals surface area contributed by atoms with Gasteiger partial charge in [-0.3, -0.25) is 9.59 Å². The van der Waals surface area contributed by atoms with Crippen LogP contribution in [0, 0.1) is 0 Å². The number of amides is 2. The summed E-state index contributed by atoms with van der Waals surface area (Å²) in [6.45, 7) is 2.36. The smallest absolute Gasteiger partial charge is 0.338 e. The second-order valence-electron chi connectivity index (χ2n) is 6.30. The lowest BCUT2D eigenvalue weighted by molar-refractivity contribution is -0.120. The van der Waals surface area contributed by atoms with Crippen LogP contribution < -0.4 is 10.2 Å². The number of ether oxygens (including phenoxy) is 1. The van der Waals surface area contributed by atoms with Crippen LogP contribution in [0.25, 0.3) is 0 Å². The van der Waals surface area contributed by atoms with Crippen molar-refractivity contribution >= 4 is 56.7 Å². The van der Waals surface area contributed by atoms with Crippen LogP contribution in [0.1, 0.15) is 30.1 Å². The second-order valence-corrected chi connectivity index (χ2v) is 7.60. The Kier molecular flexibility index (Phi) is 6.71. The zero-order valence-electron chi connectivity index (χ0n) is 15.6. The summed E-state index contributed by atoms with van der Waals surface area (Å²) in [7, 11) is 0. The quantitative estimate of drug-likeness (QED) is 0.351. The molecule has 2 amide bonds. The molecular weight excluding hydrogens is 460 g/mol. The van der Waals surface area contributed by atoms with Gasteiger partial charge in [0, 0.05) is 10.2 Å². The normalized spacial score (nSPS) is 13.8. The number of halogens is 2. The number of benzene rings is 2. The van der Waals surface area contributed by atoms with Gasteiger partial charge in [-0.05, 0) is 55.0 Å². The molecule has 0 unspecified atom stereocenters. The van der Waals surface area contributed by atoms with Crippen molar-refractivity contribution in [2.45, 2.75) is 19.8 Å². The van der Waals surface area contributed by atoms with Gasteiger partial charge >= 0.3 is 5.97 Å². The highest BCUT2D eigenvalue weighted by molar-refractivity contribution is 9.10. The maximum Gasteiger partial charge on any atom is 0.338 e. The van der Waals surface area contributed by atoms with Crippen molar-refractivity contribution in [2.75, 3.05) is 16.8 Å². The first-order valence-electron chi connectivity index (χ1n) is 9.00. The van der Waals surface area contributed by atoms with Crippen molar-refractivity contribution in [1.29, 1.82) is 0 Å². The zero-order chi connectivity index (χ0) is 21.0. The van der Waals surface area contributed by atoms with Crippen LogP contribution in [0.3, 0.4) is 0 Å². The van der Waals surface area contributed by atoms with Crippen molar-refractivity contribution < 1.29 is 19.1 Å². The summed E-state index contributed by atoms with van der Waals surface area (Å²) < 4.78 is 6.04. The second kappa shape index (κ2) is 9.24. The third-order valence-electron chi connectivity index (χ3n) is 4.23. The molecule has 0 fully saturated rings. The number of hydrogen-bond donors (Lipinski definition) is 1. The van der Waals surface area contributed by atoms with E-state index in [-0.39, 0.29) is 10.7 Å². The first-order chi connectivity index (χ1) is 13.9. The van der Waals surface area contributed by atoms with E-state index in [1.54, 1.807) is 24.3 Å². The van der Waals surface area contributed by atoms with Crippen molar-refractivity contribution in [3.8, 4) is 0 Å². The van der Waals surface area contributed by atoms with E-state index in [2.05, 4.69) is 21.2 Å². The number of carbonyl (C=O) groups excluding carboxylic acids is 3. The van der Waals surface area contributed by atoms with Gasteiger partial charge in [0.15, 0.2) is 0 Å². The van der Waals surface area contributed by atoms with Gasteiger partial charge in [-0.1, -0.05) is 40.9 Å². The Bertz CT molecular complexity index is 971. The maximum absolute atomic E-state index is 12.8. The molecule has 0 atom stereocenters. The summed E-state index contributed by atoms with van der Waals surface area (Å²) in [5, 5.41) is 2.70. The van der Waals surface area contributed by atoms with Crippen molar-refractivity contribution in [1.82, 2.24) is 0 Å². The molecule has 0 bridgehead atoms. The number of imide groups is 1. The molecule has 0 aromatic heterocycles. The minimum absolute atomic E-state index is 0.00189. The van der Waals surface area contributed by atoms with Crippen molar-refractivity contribution in [2.24, 2.45) is 0 Å². The molecule has 3 rings (SSSR count). The third-order valence-corrected chi connectivity index (χ3v) is 5.11. The average Bonchev–Trinajstić information content (AvgIpc) is 2.93. The number of nitrogens with zero attached hydrogens (tertiary/aromatic N) is 1. The van der Waals surface area contributed by atoms with E-state index in [4.69, 9.17) is 16.3 Å². The first kappa shape index (κ1) is 21.1. The number of esters is 1. The van der Waals surface area contributed by atoms with Crippen LogP contribution in [0.2, 0.25) is 0 Å². The zero-order valence-corrected chi connectivity index (χ0v) is 17.9. The molecule has 6 nitrogen and oxygen atoms in total. The molecule has 0 saturated heterocycles. The Morgan fingerprint density at radius 2 is 1.72 bits per heavy atom. The average molecular weight is 478 g/mol. The van der Waals surface area contributed by atoms with E-state index in [9.17, 15) is 14.4 Å². The number of carbonyl (C=O) groups is 3. The van der Waals surface area contributed by atoms with E-state index in [1.807, 2.05) is 6.92 Å². The van der Waals surface area contributed by atoms with Gasteiger partial charge in [-0.25, -0.2) is 9.69 Å². The minimum atomic E-state index is -0.630. The summed E-state index contributed by atoms with van der Waals surface area (Å²) in [5.41, 5.74) is 1.28. The van der Waals surface area contributed by atoms with Gasteiger partial charge in [0.25, 0.3) is 11.8 Å². The van der Waals surface area contributed by atoms with E-state index in [0.29, 0.717) is 23.5 Å². The van der Waals surface area contributed by atoms with Gasteiger partial charge in [0.1, 0.15) is 10.7 Å². The molecule has 0 spiro atoms. The van der Waals surface area contributed by atoms with Crippen LogP contribution in [0.15, 0.2) is 63.7 Å². The number of unbranched alkanes of at least 4 members (excludes halogenated alkanes) is 1. The van der Waals surface area contributed by atoms with Crippen LogP contribution in [-0.4, -0.2) is 24.4 Å². The molecule has 1 heterocycles. The number of anilines is 2. The predicted octanol–water partition coefficient (Wildman–Crippen LogP) is 4.84. The number of hydrogen-bond acceptors (Lipinski definition) is 5. The lowest BCUT2D eigenvalue weighted by Crippen LogP contribution is -2.32. The fraction of sp³-hybridized carbons (Fsp3) is 0.190. The Hall–Kier alpha value is -2.64. The number of rotatable bonds is 7. The van der Waals surface area contributed by atoms with Gasteiger partial charge in [-0.2, -0.15) is 0 Å². The molecule has 150 valence electrons. The maximum atomic E-state index is 12.8. The standard InChI is InChI=1S/C21H18BrClN2O4/c1-2-3-12-29-21(28)13-4-10-16(11-5-13)25-19(26)17(23)18(20(25)27)24-15-8-6-14(22)7-9-15/h4-11,24H,2-3,12H2,1H3. The molecule has 8 heteroatoms. The van der Waals surface area contributed by atoms with Crippen molar-refractivity contribution in [3.63, 3.8) is 0 Å². The lowest BCUT2D eigenvalue weighted by Gasteiger charge is -2.15. The summed E-state index contributed by atoms with van der Waals surface area (Å²) in [4.78, 5) is 38.3. The molecule has 2 aromatic carbocycles.